The molecule has 1 aromatic heterocycles. The minimum absolute atomic E-state index is 0.0256. The number of fused-ring (bicyclic) bond motifs is 1. The number of carbonyl (C=O) groups is 1. The molecule has 0 amide bonds. The zero-order chi connectivity index (χ0) is 24.9. The maximum absolute atomic E-state index is 12.8. The minimum Gasteiger partial charge on any atom is -0.490 e. The van der Waals surface area contributed by atoms with Crippen LogP contribution < -0.4 is 14.8 Å². The number of ketones is 1. The van der Waals surface area contributed by atoms with Gasteiger partial charge in [0.15, 0.2) is 17.3 Å². The van der Waals surface area contributed by atoms with Crippen molar-refractivity contribution in [2.75, 3.05) is 17.7 Å². The van der Waals surface area contributed by atoms with Crippen LogP contribution in [-0.2, 0) is 11.4 Å². The number of nitrogens with zero attached hydrogens (tertiary/aromatic N) is 3. The van der Waals surface area contributed by atoms with Gasteiger partial charge < -0.3 is 14.8 Å². The summed E-state index contributed by atoms with van der Waals surface area (Å²) in [6.07, 6.45) is 1.02. The Morgan fingerprint density at radius 1 is 1.20 bits per heavy atom. The predicted molar refractivity (Wildman–Crippen MR) is 142 cm³/mol. The molecule has 1 N–H and O–H groups in total. The molecule has 0 spiro atoms. The Morgan fingerprint density at radius 3 is 2.66 bits per heavy atom. The first-order valence-electron chi connectivity index (χ1n) is 11.6. The fourth-order valence-electron chi connectivity index (χ4n) is 4.03. The number of nitrogens with one attached hydrogen (secondary N) is 1. The number of ether oxygens (including phenoxy) is 2. The summed E-state index contributed by atoms with van der Waals surface area (Å²) >= 11 is 5.29. The van der Waals surface area contributed by atoms with Crippen LogP contribution >= 0.6 is 27.7 Å². The molecule has 2 heterocycles. The van der Waals surface area contributed by atoms with E-state index in [0.29, 0.717) is 41.4 Å². The van der Waals surface area contributed by atoms with Crippen molar-refractivity contribution in [3.63, 3.8) is 0 Å². The number of Topliss-reactive ketones (excluding diaryl/α,β-unsaturated/α-hetero) is 1. The van der Waals surface area contributed by atoms with Gasteiger partial charge in [-0.3, -0.25) is 4.79 Å². The minimum atomic E-state index is -0.439. The van der Waals surface area contributed by atoms with Crippen LogP contribution in [0.4, 0.5) is 5.95 Å². The molecule has 1 atom stereocenters. The Bertz CT molecular complexity index is 1240. The second-order valence-corrected chi connectivity index (χ2v) is 10.1. The molecule has 2 aromatic carbocycles. The summed E-state index contributed by atoms with van der Waals surface area (Å²) in [5.41, 5.74) is 3.33. The summed E-state index contributed by atoms with van der Waals surface area (Å²) < 4.78 is 14.7. The zero-order valence-electron chi connectivity index (χ0n) is 20.3. The van der Waals surface area contributed by atoms with Crippen molar-refractivity contribution in [2.45, 2.75) is 51.9 Å². The van der Waals surface area contributed by atoms with Gasteiger partial charge in [0.25, 0.3) is 0 Å². The fourth-order valence-corrected chi connectivity index (χ4v) is 5.29. The van der Waals surface area contributed by atoms with Crippen LogP contribution in [0.15, 0.2) is 63.4 Å². The molecular formula is C26H29BrN4O3S. The van der Waals surface area contributed by atoms with Gasteiger partial charge in [-0.05, 0) is 66.4 Å². The molecule has 1 unspecified atom stereocenters. The predicted octanol–water partition coefficient (Wildman–Crippen LogP) is 6.40. The lowest BCUT2D eigenvalue weighted by Crippen LogP contribution is -2.28. The molecule has 7 nitrogen and oxygen atoms in total. The Labute approximate surface area is 218 Å². The molecule has 1 aliphatic heterocycles. The zero-order valence-corrected chi connectivity index (χ0v) is 22.7. The van der Waals surface area contributed by atoms with Crippen LogP contribution in [0.25, 0.3) is 0 Å². The van der Waals surface area contributed by atoms with E-state index in [2.05, 4.69) is 33.2 Å². The molecule has 0 bridgehead atoms. The van der Waals surface area contributed by atoms with E-state index >= 15 is 0 Å². The van der Waals surface area contributed by atoms with Gasteiger partial charge in [0.2, 0.25) is 11.1 Å². The third-order valence-corrected chi connectivity index (χ3v) is 7.15. The van der Waals surface area contributed by atoms with Gasteiger partial charge in [-0.25, -0.2) is 4.68 Å². The van der Waals surface area contributed by atoms with Gasteiger partial charge in [-0.2, -0.15) is 4.98 Å². The molecule has 184 valence electrons. The van der Waals surface area contributed by atoms with Crippen LogP contribution in [-0.4, -0.2) is 32.9 Å². The van der Waals surface area contributed by atoms with E-state index < -0.39 is 6.04 Å². The van der Waals surface area contributed by atoms with E-state index in [9.17, 15) is 4.79 Å². The number of halogens is 1. The van der Waals surface area contributed by atoms with E-state index in [4.69, 9.17) is 14.6 Å². The topological polar surface area (TPSA) is 78.3 Å². The van der Waals surface area contributed by atoms with Crippen molar-refractivity contribution in [1.29, 1.82) is 0 Å². The summed E-state index contributed by atoms with van der Waals surface area (Å²) in [4.78, 5) is 17.4. The highest BCUT2D eigenvalue weighted by Gasteiger charge is 2.34. The number of rotatable bonds is 10. The number of anilines is 1. The largest absolute Gasteiger partial charge is 0.490 e. The number of benzene rings is 2. The monoisotopic (exact) mass is 556 g/mol. The molecule has 0 radical (unpaired) electrons. The van der Waals surface area contributed by atoms with Crippen LogP contribution in [0.3, 0.4) is 0 Å². The lowest BCUT2D eigenvalue weighted by molar-refractivity contribution is -0.114. The first-order chi connectivity index (χ1) is 16.9. The van der Waals surface area contributed by atoms with Crippen LogP contribution in [0, 0.1) is 0 Å². The summed E-state index contributed by atoms with van der Waals surface area (Å²) in [6.45, 7) is 8.43. The first kappa shape index (κ1) is 25.3. The van der Waals surface area contributed by atoms with Crippen molar-refractivity contribution in [1.82, 2.24) is 14.8 Å². The van der Waals surface area contributed by atoms with E-state index in [-0.39, 0.29) is 5.78 Å². The Balaban J connectivity index is 1.76. The third kappa shape index (κ3) is 5.56. The van der Waals surface area contributed by atoms with Crippen LogP contribution in [0.5, 0.6) is 11.5 Å². The lowest BCUT2D eigenvalue weighted by atomic mass is 9.93. The van der Waals surface area contributed by atoms with Gasteiger partial charge in [-0.15, -0.1) is 5.10 Å². The molecule has 1 aliphatic rings. The number of thioether (sulfide) groups is 1. The number of carbonyl (C=O) groups excluding carboxylic acids is 1. The van der Waals surface area contributed by atoms with Crippen molar-refractivity contribution in [2.24, 2.45) is 0 Å². The van der Waals surface area contributed by atoms with Gasteiger partial charge in [0.05, 0.1) is 11.1 Å². The SMILES string of the molecule is CCCSc1nc2n(n1)C(c1cc(Br)c(OCc3ccccc3)c(OCC)c1)C(C(C)=O)=C(C)N2. The Kier molecular flexibility index (Phi) is 8.18. The molecule has 3 aromatic rings. The normalized spacial score (nSPS) is 14.9. The van der Waals surface area contributed by atoms with Crippen LogP contribution in [0.2, 0.25) is 0 Å². The van der Waals surface area contributed by atoms with Gasteiger partial charge in [0.1, 0.15) is 12.6 Å². The fraction of sp³-hybridized carbons (Fsp3) is 0.346. The summed E-state index contributed by atoms with van der Waals surface area (Å²) in [6, 6.07) is 13.5. The molecule has 0 saturated carbocycles. The Morgan fingerprint density at radius 2 is 1.97 bits per heavy atom. The molecule has 9 heteroatoms. The van der Waals surface area contributed by atoms with Gasteiger partial charge in [-0.1, -0.05) is 49.0 Å². The number of aromatic nitrogens is 3. The maximum atomic E-state index is 12.8. The highest BCUT2D eigenvalue weighted by Crippen LogP contribution is 2.43. The highest BCUT2D eigenvalue weighted by atomic mass is 79.9. The molecule has 0 fully saturated rings. The average Bonchev–Trinajstić information content (AvgIpc) is 3.24. The number of hydrogen-bond acceptors (Lipinski definition) is 7. The van der Waals surface area contributed by atoms with Crippen molar-refractivity contribution >= 4 is 39.4 Å². The average molecular weight is 558 g/mol. The smallest absolute Gasteiger partial charge is 0.227 e. The second kappa shape index (κ2) is 11.3. The highest BCUT2D eigenvalue weighted by molar-refractivity contribution is 9.10. The van der Waals surface area contributed by atoms with Crippen LogP contribution in [0.1, 0.15) is 51.3 Å². The molecular weight excluding hydrogens is 528 g/mol. The molecule has 35 heavy (non-hydrogen) atoms. The van der Waals surface area contributed by atoms with E-state index in [0.717, 1.165) is 33.5 Å². The van der Waals surface area contributed by atoms with E-state index in [1.165, 1.54) is 0 Å². The van der Waals surface area contributed by atoms with E-state index in [1.807, 2.05) is 56.3 Å². The van der Waals surface area contributed by atoms with E-state index in [1.54, 1.807) is 23.4 Å². The Hall–Kier alpha value is -2.78. The summed E-state index contributed by atoms with van der Waals surface area (Å²) in [5, 5.41) is 8.69. The molecule has 4 rings (SSSR count). The van der Waals surface area contributed by atoms with Gasteiger partial charge >= 0.3 is 0 Å². The van der Waals surface area contributed by atoms with Crippen molar-refractivity contribution < 1.29 is 14.3 Å². The maximum Gasteiger partial charge on any atom is 0.227 e. The number of hydrogen-bond donors (Lipinski definition) is 1. The van der Waals surface area contributed by atoms with Crippen molar-refractivity contribution in [3.8, 4) is 11.5 Å². The third-order valence-electron chi connectivity index (χ3n) is 5.52. The summed E-state index contributed by atoms with van der Waals surface area (Å²) in [7, 11) is 0. The molecule has 0 saturated heterocycles. The standard InChI is InChI=1S/C26H29BrN4O3S/c1-5-12-35-26-29-25-28-16(3)22(17(4)32)23(31(25)30-26)19-13-20(27)24(21(14-19)33-6-2)34-15-18-10-8-7-9-11-18/h7-11,13-14,23H,5-6,12,15H2,1-4H3,(H,28,29,30). The molecule has 0 aliphatic carbocycles. The second-order valence-electron chi connectivity index (χ2n) is 8.17. The lowest BCUT2D eigenvalue weighted by Gasteiger charge is -2.28. The number of allylic oxidation sites excluding steroid dienone is 2. The first-order valence-corrected chi connectivity index (χ1v) is 13.4. The van der Waals surface area contributed by atoms with Gasteiger partial charge in [0, 0.05) is 17.0 Å². The summed E-state index contributed by atoms with van der Waals surface area (Å²) in [5.74, 6) is 2.75. The van der Waals surface area contributed by atoms with Crippen molar-refractivity contribution in [3.05, 3.63) is 69.3 Å². The quantitative estimate of drug-likeness (QED) is 0.289.